The van der Waals surface area contributed by atoms with Crippen LogP contribution < -0.4 is 21.0 Å². The van der Waals surface area contributed by atoms with Crippen LogP contribution in [-0.4, -0.2) is 68.7 Å². The van der Waals surface area contributed by atoms with Crippen LogP contribution in [0.2, 0.25) is 0 Å². The Hall–Kier alpha value is -4.85. The monoisotopic (exact) mass is 609 g/mol. The average Bonchev–Trinajstić information content (AvgIpc) is 3.22. The zero-order valence-electron chi connectivity index (χ0n) is 23.2. The molecule has 2 aliphatic heterocycles. The molecule has 2 aliphatic rings. The van der Waals surface area contributed by atoms with Crippen molar-refractivity contribution in [1.82, 2.24) is 15.5 Å². The number of carbonyl (C=O) groups is 5. The number of benzene rings is 2. The molecule has 1 unspecified atom stereocenters. The molecule has 4 atom stereocenters. The van der Waals surface area contributed by atoms with E-state index in [1.54, 1.807) is 51.1 Å². The number of carboxylic acid groups (broad SMARTS) is 1. The summed E-state index contributed by atoms with van der Waals surface area (Å²) in [6.07, 6.45) is -0.931. The van der Waals surface area contributed by atoms with Gasteiger partial charge in [0, 0.05) is 10.1 Å². The molecule has 3 aromatic rings. The fraction of sp³-hybridized carbons (Fsp3) is 0.310. The molecule has 13 nitrogen and oxygen atoms in total. The standard InChI is InChI=1S/C29H27N3O10S/c1-4-40-28(39)41-16-10-11-18-15(12-16)13-17(27(38)42-18)22(33)30-19(14-8-6-5-7-9-14)23(34)31-20-24(35)32-21(26(36)37)29(2,3)43-25(20)32/h5-13,19-21,25H,4H2,1-3H3,(H,30,33)(H,31,34)(H,36,37)/t19?,20-,21+,25-/m1/s1. The summed E-state index contributed by atoms with van der Waals surface area (Å²) in [7, 11) is 0. The molecular weight excluding hydrogens is 582 g/mol. The van der Waals surface area contributed by atoms with Gasteiger partial charge in [0.25, 0.3) is 5.91 Å². The molecule has 0 radical (unpaired) electrons. The maximum absolute atomic E-state index is 13.5. The molecular formula is C29H27N3O10S. The molecule has 1 aromatic heterocycles. The summed E-state index contributed by atoms with van der Waals surface area (Å²) < 4.78 is 14.3. The smallest absolute Gasteiger partial charge is 0.480 e. The largest absolute Gasteiger partial charge is 0.513 e. The predicted molar refractivity (Wildman–Crippen MR) is 152 cm³/mol. The first kappa shape index (κ1) is 29.6. The Morgan fingerprint density at radius 2 is 1.81 bits per heavy atom. The van der Waals surface area contributed by atoms with E-state index in [0.29, 0.717) is 5.56 Å². The van der Waals surface area contributed by atoms with E-state index in [1.807, 2.05) is 0 Å². The van der Waals surface area contributed by atoms with Gasteiger partial charge >= 0.3 is 17.8 Å². The van der Waals surface area contributed by atoms with Gasteiger partial charge in [-0.05, 0) is 50.6 Å². The first-order valence-electron chi connectivity index (χ1n) is 13.2. The Kier molecular flexibility index (Phi) is 7.88. The second-order valence-electron chi connectivity index (χ2n) is 10.3. The van der Waals surface area contributed by atoms with Crippen LogP contribution in [0.25, 0.3) is 11.0 Å². The number of aliphatic carboxylic acids is 1. The average molecular weight is 610 g/mol. The Labute approximate surface area is 248 Å². The lowest BCUT2D eigenvalue weighted by atomic mass is 9.95. The fourth-order valence-electron chi connectivity index (χ4n) is 5.10. The molecule has 0 aliphatic carbocycles. The number of thioether (sulfide) groups is 1. The highest BCUT2D eigenvalue weighted by atomic mass is 32.2. The maximum atomic E-state index is 13.5. The summed E-state index contributed by atoms with van der Waals surface area (Å²) in [5, 5.41) is 14.5. The number of ether oxygens (including phenoxy) is 2. The Bertz CT molecular complexity index is 1690. The first-order valence-corrected chi connectivity index (χ1v) is 14.1. The molecule has 0 bridgehead atoms. The number of nitrogens with zero attached hydrogens (tertiary/aromatic N) is 1. The van der Waals surface area contributed by atoms with E-state index >= 15 is 0 Å². The lowest BCUT2D eigenvalue weighted by Crippen LogP contribution is -2.71. The van der Waals surface area contributed by atoms with Gasteiger partial charge in [-0.2, -0.15) is 0 Å². The van der Waals surface area contributed by atoms with Crippen LogP contribution in [-0.2, 0) is 19.1 Å². The molecule has 43 heavy (non-hydrogen) atoms. The molecule has 2 aromatic carbocycles. The van der Waals surface area contributed by atoms with E-state index in [4.69, 9.17) is 13.9 Å². The summed E-state index contributed by atoms with van der Waals surface area (Å²) >= 11 is 1.27. The summed E-state index contributed by atoms with van der Waals surface area (Å²) in [5.74, 6) is -3.25. The molecule has 2 fully saturated rings. The van der Waals surface area contributed by atoms with E-state index in [1.165, 1.54) is 40.9 Å². The van der Waals surface area contributed by atoms with E-state index < -0.39 is 69.3 Å². The third-order valence-electron chi connectivity index (χ3n) is 7.05. The number of carboxylic acids is 1. The van der Waals surface area contributed by atoms with Gasteiger partial charge in [-0.15, -0.1) is 11.8 Å². The number of carbonyl (C=O) groups excluding carboxylic acids is 4. The molecule has 3 heterocycles. The van der Waals surface area contributed by atoms with Crippen LogP contribution in [0.1, 0.15) is 42.7 Å². The molecule has 0 saturated carbocycles. The zero-order valence-corrected chi connectivity index (χ0v) is 24.0. The van der Waals surface area contributed by atoms with Gasteiger partial charge in [-0.1, -0.05) is 30.3 Å². The third kappa shape index (κ3) is 5.65. The number of amides is 3. The van der Waals surface area contributed by atoms with Crippen molar-refractivity contribution in [2.75, 3.05) is 6.61 Å². The first-order chi connectivity index (χ1) is 20.4. The third-order valence-corrected chi connectivity index (χ3v) is 8.63. The van der Waals surface area contributed by atoms with Crippen molar-refractivity contribution in [3.63, 3.8) is 0 Å². The second kappa shape index (κ2) is 11.4. The van der Waals surface area contributed by atoms with Crippen LogP contribution in [0.15, 0.2) is 63.8 Å². The van der Waals surface area contributed by atoms with Gasteiger partial charge in [0.1, 0.15) is 40.4 Å². The lowest BCUT2D eigenvalue weighted by Gasteiger charge is -2.44. The number of nitrogens with one attached hydrogen (secondary N) is 2. The minimum Gasteiger partial charge on any atom is -0.480 e. The number of hydrogen-bond donors (Lipinski definition) is 3. The van der Waals surface area contributed by atoms with Crippen LogP contribution in [0, 0.1) is 0 Å². The zero-order chi connectivity index (χ0) is 31.1. The predicted octanol–water partition coefficient (Wildman–Crippen LogP) is 2.43. The highest BCUT2D eigenvalue weighted by molar-refractivity contribution is 8.01. The summed E-state index contributed by atoms with van der Waals surface area (Å²) in [6.45, 7) is 5.16. The van der Waals surface area contributed by atoms with Crippen molar-refractivity contribution in [2.45, 2.75) is 49.0 Å². The minimum absolute atomic E-state index is 0.0880. The van der Waals surface area contributed by atoms with Crippen molar-refractivity contribution < 1.29 is 43.0 Å². The van der Waals surface area contributed by atoms with Gasteiger partial charge in [0.15, 0.2) is 0 Å². The minimum atomic E-state index is -1.32. The molecule has 5 rings (SSSR count). The topological polar surface area (TPSA) is 182 Å². The summed E-state index contributed by atoms with van der Waals surface area (Å²) in [6, 6.07) is 10.2. The maximum Gasteiger partial charge on any atom is 0.513 e. The molecule has 3 amide bonds. The molecule has 2 saturated heterocycles. The molecule has 0 spiro atoms. The van der Waals surface area contributed by atoms with Crippen LogP contribution >= 0.6 is 11.8 Å². The fourth-order valence-corrected chi connectivity index (χ4v) is 6.73. The number of rotatable bonds is 8. The van der Waals surface area contributed by atoms with Crippen LogP contribution in [0.3, 0.4) is 0 Å². The Morgan fingerprint density at radius 1 is 1.09 bits per heavy atom. The number of fused-ring (bicyclic) bond motifs is 2. The Balaban J connectivity index is 1.38. The molecule has 224 valence electrons. The van der Waals surface area contributed by atoms with Crippen molar-refractivity contribution in [2.24, 2.45) is 0 Å². The van der Waals surface area contributed by atoms with Crippen molar-refractivity contribution in [3.8, 4) is 5.75 Å². The van der Waals surface area contributed by atoms with Gasteiger partial charge in [-0.25, -0.2) is 14.4 Å². The van der Waals surface area contributed by atoms with E-state index in [2.05, 4.69) is 10.6 Å². The van der Waals surface area contributed by atoms with Gasteiger partial charge in [0.2, 0.25) is 11.8 Å². The highest BCUT2D eigenvalue weighted by Gasteiger charge is 2.64. The highest BCUT2D eigenvalue weighted by Crippen LogP contribution is 2.50. The van der Waals surface area contributed by atoms with Gasteiger partial charge in [0.05, 0.1) is 6.61 Å². The Morgan fingerprint density at radius 3 is 2.49 bits per heavy atom. The normalized spacial score (nSPS) is 20.9. The van der Waals surface area contributed by atoms with Gasteiger partial charge in [-0.3, -0.25) is 14.4 Å². The van der Waals surface area contributed by atoms with Crippen LogP contribution in [0.5, 0.6) is 5.75 Å². The summed E-state index contributed by atoms with van der Waals surface area (Å²) in [4.78, 5) is 77.3. The lowest BCUT2D eigenvalue weighted by molar-refractivity contribution is -0.161. The quantitative estimate of drug-likeness (QED) is 0.148. The van der Waals surface area contributed by atoms with E-state index in [-0.39, 0.29) is 23.3 Å². The number of hydrogen-bond acceptors (Lipinski definition) is 10. The SMILES string of the molecule is CCOC(=O)Oc1ccc2oc(=O)c(C(=O)NC(C(=O)N[C@@H]3C(=O)N4[C@@H]3SC(C)(C)[C@@H]4C(=O)O)c3ccccc3)cc2c1. The molecule has 3 N–H and O–H groups in total. The molecule has 14 heteroatoms. The van der Waals surface area contributed by atoms with Gasteiger partial charge < -0.3 is 34.5 Å². The number of β-lactam (4-membered cyclic amide) rings is 1. The second-order valence-corrected chi connectivity index (χ2v) is 12.1. The van der Waals surface area contributed by atoms with Crippen LogP contribution in [0.4, 0.5) is 4.79 Å². The summed E-state index contributed by atoms with van der Waals surface area (Å²) in [5.41, 5.74) is -0.891. The van der Waals surface area contributed by atoms with E-state index in [9.17, 15) is 33.9 Å². The van der Waals surface area contributed by atoms with E-state index in [0.717, 1.165) is 0 Å². The van der Waals surface area contributed by atoms with Crippen molar-refractivity contribution in [1.29, 1.82) is 0 Å². The van der Waals surface area contributed by atoms with Crippen molar-refractivity contribution in [3.05, 3.63) is 76.1 Å². The van der Waals surface area contributed by atoms with Crippen molar-refractivity contribution >= 4 is 52.6 Å².